The third-order valence-corrected chi connectivity index (χ3v) is 5.62. The monoisotopic (exact) mass is 395 g/mol. The molecule has 0 N–H and O–H groups in total. The van der Waals surface area contributed by atoms with Crippen molar-refractivity contribution in [3.8, 4) is 0 Å². The van der Waals surface area contributed by atoms with Crippen molar-refractivity contribution in [2.24, 2.45) is 0 Å². The maximum absolute atomic E-state index is 12.9. The number of aryl methyl sites for hydroxylation is 1. The quantitative estimate of drug-likeness (QED) is 0.209. The zero-order chi connectivity index (χ0) is 20.4. The maximum atomic E-state index is 12.9. The molecule has 7 nitrogen and oxygen atoms in total. The Morgan fingerprint density at radius 1 is 1.07 bits per heavy atom. The van der Waals surface area contributed by atoms with Crippen LogP contribution in [-0.4, -0.2) is 52.0 Å². The highest BCUT2D eigenvalue weighted by Crippen LogP contribution is 2.17. The summed E-state index contributed by atoms with van der Waals surface area (Å²) < 4.78 is 36.2. The van der Waals surface area contributed by atoms with Crippen LogP contribution in [0.2, 0.25) is 0 Å². The number of nitrogens with zero attached hydrogens (tertiary/aromatic N) is 1. The number of hydrogen-bond acceptors (Lipinski definition) is 6. The van der Waals surface area contributed by atoms with Crippen LogP contribution in [0.5, 0.6) is 0 Å². The normalized spacial score (nSPS) is 11.4. The first-order chi connectivity index (χ1) is 12.8. The Morgan fingerprint density at radius 2 is 1.63 bits per heavy atom. The second-order valence-corrected chi connectivity index (χ2v) is 7.57. The van der Waals surface area contributed by atoms with Crippen molar-refractivity contribution in [1.29, 1.82) is 0 Å². The van der Waals surface area contributed by atoms with Gasteiger partial charge in [-0.2, -0.15) is 4.31 Å². The van der Waals surface area contributed by atoms with Crippen LogP contribution in [0.25, 0.3) is 0 Å². The van der Waals surface area contributed by atoms with Gasteiger partial charge in [0.2, 0.25) is 10.0 Å². The number of rotatable bonds is 9. The van der Waals surface area contributed by atoms with Gasteiger partial charge in [0.05, 0.1) is 19.1 Å². The molecule has 148 valence electrons. The molecule has 27 heavy (non-hydrogen) atoms. The van der Waals surface area contributed by atoms with Crippen molar-refractivity contribution in [2.45, 2.75) is 25.2 Å². The summed E-state index contributed by atoms with van der Waals surface area (Å²) in [5.41, 5.74) is 0.691. The molecule has 0 aromatic heterocycles. The molecular formula is C19H25NO6S. The fraction of sp³-hybridized carbons (Fsp3) is 0.368. The predicted octanol–water partition coefficient (Wildman–Crippen LogP) is 2.22. The first-order valence-corrected chi connectivity index (χ1v) is 9.76. The van der Waals surface area contributed by atoms with Crippen molar-refractivity contribution in [1.82, 2.24) is 4.31 Å². The summed E-state index contributed by atoms with van der Waals surface area (Å²) in [5.74, 6) is -1.66. The van der Waals surface area contributed by atoms with E-state index in [0.717, 1.165) is 19.8 Å². The summed E-state index contributed by atoms with van der Waals surface area (Å²) in [6.45, 7) is 3.92. The van der Waals surface area contributed by atoms with Crippen LogP contribution in [0.1, 0.15) is 18.9 Å². The summed E-state index contributed by atoms with van der Waals surface area (Å²) in [4.78, 5) is 23.5. The molecule has 0 bridgehead atoms. The highest BCUT2D eigenvalue weighted by molar-refractivity contribution is 7.89. The third kappa shape index (κ3) is 6.33. The van der Waals surface area contributed by atoms with Gasteiger partial charge < -0.3 is 9.47 Å². The van der Waals surface area contributed by atoms with Crippen molar-refractivity contribution in [3.05, 3.63) is 53.6 Å². The molecule has 0 saturated heterocycles. The third-order valence-electron chi connectivity index (χ3n) is 3.74. The number of carbonyl (C=O) groups excluding carboxylic acids is 2. The molecule has 0 heterocycles. The molecule has 1 aromatic carbocycles. The second-order valence-electron chi connectivity index (χ2n) is 5.63. The van der Waals surface area contributed by atoms with Gasteiger partial charge in [-0.25, -0.2) is 18.0 Å². The van der Waals surface area contributed by atoms with Crippen LogP contribution in [0.4, 0.5) is 0 Å². The van der Waals surface area contributed by atoms with Crippen molar-refractivity contribution < 1.29 is 27.5 Å². The number of benzene rings is 1. The van der Waals surface area contributed by atoms with Gasteiger partial charge in [-0.1, -0.05) is 35.9 Å². The zero-order valence-corrected chi connectivity index (χ0v) is 16.8. The average molecular weight is 395 g/mol. The Morgan fingerprint density at radius 3 is 2.11 bits per heavy atom. The van der Waals surface area contributed by atoms with Crippen LogP contribution >= 0.6 is 0 Å². The van der Waals surface area contributed by atoms with Crippen LogP contribution in [-0.2, 0) is 29.1 Å². The molecule has 0 amide bonds. The van der Waals surface area contributed by atoms with E-state index >= 15 is 0 Å². The van der Waals surface area contributed by atoms with Crippen molar-refractivity contribution in [3.63, 3.8) is 0 Å². The van der Waals surface area contributed by atoms with Crippen molar-refractivity contribution in [2.75, 3.05) is 27.3 Å². The molecule has 8 heteroatoms. The molecular weight excluding hydrogens is 370 g/mol. The second kappa shape index (κ2) is 10.6. The first-order valence-electron chi connectivity index (χ1n) is 8.32. The average Bonchev–Trinajstić information content (AvgIpc) is 2.66. The number of esters is 2. The van der Waals surface area contributed by atoms with Gasteiger partial charge in [0, 0.05) is 13.1 Å². The number of sulfonamides is 1. The van der Waals surface area contributed by atoms with Gasteiger partial charge in [-0.15, -0.1) is 0 Å². The van der Waals surface area contributed by atoms with E-state index in [1.54, 1.807) is 43.3 Å². The molecule has 0 spiro atoms. The fourth-order valence-corrected chi connectivity index (χ4v) is 3.62. The highest BCUT2D eigenvalue weighted by atomic mass is 32.2. The van der Waals surface area contributed by atoms with Gasteiger partial charge in [0.1, 0.15) is 5.57 Å². The van der Waals surface area contributed by atoms with E-state index in [4.69, 9.17) is 0 Å². The standard InChI is InChI=1S/C19H25NO6S/c1-5-6-13-20(27(23,24)16-11-9-15(2)10-12-16)14-7-8-17(18(21)25-3)19(22)26-4/h5-6,8-12H,7,13-14H2,1-4H3/b6-5+. The minimum atomic E-state index is -3.72. The van der Waals surface area contributed by atoms with E-state index < -0.39 is 22.0 Å². The van der Waals surface area contributed by atoms with Gasteiger partial charge in [0.15, 0.2) is 0 Å². The van der Waals surface area contributed by atoms with E-state index in [2.05, 4.69) is 9.47 Å². The van der Waals surface area contributed by atoms with E-state index in [1.165, 1.54) is 10.4 Å². The van der Waals surface area contributed by atoms with E-state index in [9.17, 15) is 18.0 Å². The Balaban J connectivity index is 3.07. The zero-order valence-electron chi connectivity index (χ0n) is 16.0. The summed E-state index contributed by atoms with van der Waals surface area (Å²) in [7, 11) is -1.41. The van der Waals surface area contributed by atoms with Gasteiger partial charge in [-0.3, -0.25) is 0 Å². The first kappa shape index (κ1) is 22.6. The maximum Gasteiger partial charge on any atom is 0.344 e. The molecule has 0 atom stereocenters. The van der Waals surface area contributed by atoms with E-state index in [0.29, 0.717) is 0 Å². The number of methoxy groups -OCH3 is 2. The Labute approximate surface area is 160 Å². The smallest absolute Gasteiger partial charge is 0.344 e. The lowest BCUT2D eigenvalue weighted by atomic mass is 10.2. The summed E-state index contributed by atoms with van der Waals surface area (Å²) in [6, 6.07) is 6.56. The number of ether oxygens (including phenoxy) is 2. The molecule has 0 aliphatic rings. The van der Waals surface area contributed by atoms with E-state index in [1.807, 2.05) is 6.92 Å². The molecule has 1 rings (SSSR count). The highest BCUT2D eigenvalue weighted by Gasteiger charge is 2.24. The largest absolute Gasteiger partial charge is 0.465 e. The minimum absolute atomic E-state index is 0.0814. The van der Waals surface area contributed by atoms with Gasteiger partial charge >= 0.3 is 11.9 Å². The van der Waals surface area contributed by atoms with Crippen LogP contribution in [0, 0.1) is 6.92 Å². The molecule has 0 radical (unpaired) electrons. The topological polar surface area (TPSA) is 90.0 Å². The number of hydrogen-bond donors (Lipinski definition) is 0. The lowest BCUT2D eigenvalue weighted by Crippen LogP contribution is -2.32. The molecule has 0 saturated carbocycles. The molecule has 1 aromatic rings. The summed E-state index contributed by atoms with van der Waals surface area (Å²) in [5, 5.41) is 0. The molecule has 0 aliphatic heterocycles. The predicted molar refractivity (Wildman–Crippen MR) is 101 cm³/mol. The SMILES string of the molecule is C/C=C/CN(CCC=C(C(=O)OC)C(=O)OC)S(=O)(=O)c1ccc(C)cc1. The van der Waals surface area contributed by atoms with Crippen LogP contribution < -0.4 is 0 Å². The van der Waals surface area contributed by atoms with E-state index in [-0.39, 0.29) is 30.0 Å². The number of carbonyl (C=O) groups is 2. The van der Waals surface area contributed by atoms with Crippen LogP contribution in [0.15, 0.2) is 53.0 Å². The number of allylic oxidation sites excluding steroid dienone is 1. The Hall–Kier alpha value is -2.45. The Bertz CT molecular complexity index is 791. The lowest BCUT2D eigenvalue weighted by Gasteiger charge is -2.20. The molecule has 0 fully saturated rings. The van der Waals surface area contributed by atoms with Gasteiger partial charge in [0.25, 0.3) is 0 Å². The molecule has 0 aliphatic carbocycles. The van der Waals surface area contributed by atoms with Crippen LogP contribution in [0.3, 0.4) is 0 Å². The summed E-state index contributed by atoms with van der Waals surface area (Å²) >= 11 is 0. The summed E-state index contributed by atoms with van der Waals surface area (Å²) in [6.07, 6.45) is 4.94. The Kier molecular flexibility index (Phi) is 8.90. The molecule has 0 unspecified atom stereocenters. The van der Waals surface area contributed by atoms with Crippen molar-refractivity contribution >= 4 is 22.0 Å². The minimum Gasteiger partial charge on any atom is -0.465 e. The van der Waals surface area contributed by atoms with Gasteiger partial charge in [-0.05, 0) is 32.4 Å². The lowest BCUT2D eigenvalue weighted by molar-refractivity contribution is -0.144. The fourth-order valence-electron chi connectivity index (χ4n) is 2.21.